The highest BCUT2D eigenvalue weighted by atomic mass is 19.1. The van der Waals surface area contributed by atoms with Crippen LogP contribution in [0.2, 0.25) is 0 Å². The molecule has 0 aliphatic heterocycles. The third-order valence-electron chi connectivity index (χ3n) is 2.59. The first kappa shape index (κ1) is 14.6. The number of pyridine rings is 1. The van der Waals surface area contributed by atoms with Gasteiger partial charge in [0, 0.05) is 0 Å². The Hall–Kier alpha value is -2.77. The van der Waals surface area contributed by atoms with Crippen molar-refractivity contribution in [1.29, 1.82) is 0 Å². The number of carbonyl (C=O) groups is 1. The van der Waals surface area contributed by atoms with Gasteiger partial charge in [-0.3, -0.25) is 0 Å². The molecular weight excluding hydrogens is 281 g/mol. The maximum absolute atomic E-state index is 13.9. The smallest absolute Gasteiger partial charge is 0.360 e. The van der Waals surface area contributed by atoms with Crippen LogP contribution in [0.15, 0.2) is 18.3 Å². The number of esters is 1. The molecule has 0 aliphatic carbocycles. The molecule has 2 aromatic heterocycles. The van der Waals surface area contributed by atoms with Gasteiger partial charge in [0.1, 0.15) is 11.4 Å². The number of ether oxygens (including phenoxy) is 3. The fraction of sp³-hybridized carbons (Fsp3) is 0.231. The van der Waals surface area contributed by atoms with Crippen LogP contribution in [0, 0.1) is 5.82 Å². The summed E-state index contributed by atoms with van der Waals surface area (Å²) in [5, 5.41) is 0. The topological polar surface area (TPSA) is 83.4 Å². The van der Waals surface area contributed by atoms with Crippen LogP contribution in [0.3, 0.4) is 0 Å². The molecule has 0 radical (unpaired) electrons. The van der Waals surface area contributed by atoms with Crippen molar-refractivity contribution in [3.05, 3.63) is 29.8 Å². The van der Waals surface area contributed by atoms with Gasteiger partial charge in [0.25, 0.3) is 5.88 Å². The molecule has 0 amide bonds. The van der Waals surface area contributed by atoms with E-state index in [1.165, 1.54) is 20.4 Å². The Morgan fingerprint density at radius 1 is 1.14 bits per heavy atom. The summed E-state index contributed by atoms with van der Waals surface area (Å²) in [7, 11) is 3.86. The van der Waals surface area contributed by atoms with Gasteiger partial charge in [0.15, 0.2) is 11.5 Å². The summed E-state index contributed by atoms with van der Waals surface area (Å²) in [6.07, 6.45) is 1.45. The summed E-state index contributed by atoms with van der Waals surface area (Å²) >= 11 is 0. The van der Waals surface area contributed by atoms with Crippen LogP contribution in [0.5, 0.6) is 11.6 Å². The molecule has 0 aromatic carbocycles. The van der Waals surface area contributed by atoms with E-state index in [0.29, 0.717) is 11.4 Å². The molecule has 0 spiro atoms. The Bertz CT molecular complexity index is 661. The van der Waals surface area contributed by atoms with Crippen molar-refractivity contribution in [3.8, 4) is 23.1 Å². The highest BCUT2D eigenvalue weighted by Crippen LogP contribution is 2.23. The van der Waals surface area contributed by atoms with Gasteiger partial charge < -0.3 is 14.2 Å². The van der Waals surface area contributed by atoms with Crippen LogP contribution < -0.4 is 9.47 Å². The van der Waals surface area contributed by atoms with Crippen LogP contribution >= 0.6 is 0 Å². The first-order chi connectivity index (χ1) is 10.1. The number of hydrogen-bond acceptors (Lipinski definition) is 7. The Morgan fingerprint density at radius 2 is 1.90 bits per heavy atom. The second-order valence-corrected chi connectivity index (χ2v) is 3.79. The zero-order chi connectivity index (χ0) is 15.4. The average Bonchev–Trinajstić information content (AvgIpc) is 2.54. The number of halogens is 1. The number of carbonyl (C=O) groups excluding carboxylic acids is 1. The van der Waals surface area contributed by atoms with Crippen LogP contribution in [-0.4, -0.2) is 42.3 Å². The van der Waals surface area contributed by atoms with E-state index < -0.39 is 17.5 Å². The van der Waals surface area contributed by atoms with Crippen molar-refractivity contribution in [2.75, 3.05) is 21.3 Å². The second-order valence-electron chi connectivity index (χ2n) is 3.79. The lowest BCUT2D eigenvalue weighted by Crippen LogP contribution is -2.11. The number of nitrogens with zero attached hydrogens (tertiary/aromatic N) is 3. The lowest BCUT2D eigenvalue weighted by molar-refractivity contribution is 0.0587. The molecule has 0 N–H and O–H groups in total. The first-order valence-corrected chi connectivity index (χ1v) is 5.81. The van der Waals surface area contributed by atoms with Crippen molar-refractivity contribution in [2.45, 2.75) is 0 Å². The van der Waals surface area contributed by atoms with E-state index in [2.05, 4.69) is 19.7 Å². The van der Waals surface area contributed by atoms with E-state index in [0.717, 1.165) is 7.11 Å². The highest BCUT2D eigenvalue weighted by Gasteiger charge is 2.22. The molecule has 0 aliphatic rings. The number of rotatable bonds is 4. The predicted molar refractivity (Wildman–Crippen MR) is 69.7 cm³/mol. The summed E-state index contributed by atoms with van der Waals surface area (Å²) in [4.78, 5) is 23.3. The van der Waals surface area contributed by atoms with Gasteiger partial charge in [-0.05, 0) is 12.1 Å². The molecule has 8 heteroatoms. The van der Waals surface area contributed by atoms with Crippen LogP contribution in [0.4, 0.5) is 4.39 Å². The van der Waals surface area contributed by atoms with Crippen molar-refractivity contribution in [3.63, 3.8) is 0 Å². The predicted octanol–water partition coefficient (Wildman–Crippen LogP) is 1.48. The van der Waals surface area contributed by atoms with Crippen molar-refractivity contribution in [2.24, 2.45) is 0 Å². The molecule has 0 bridgehead atoms. The normalized spacial score (nSPS) is 10.1. The SMILES string of the molecule is COC(=O)c1nc(-c2ccc(OC)cn2)nc(OC)c1F. The third-order valence-corrected chi connectivity index (χ3v) is 2.59. The maximum Gasteiger partial charge on any atom is 0.360 e. The second kappa shape index (κ2) is 6.12. The van der Waals surface area contributed by atoms with Crippen LogP contribution in [0.25, 0.3) is 11.5 Å². The largest absolute Gasteiger partial charge is 0.495 e. The molecule has 7 nitrogen and oxygen atoms in total. The Morgan fingerprint density at radius 3 is 2.43 bits per heavy atom. The summed E-state index contributed by atoms with van der Waals surface area (Å²) in [5.41, 5.74) is -0.184. The number of aromatic nitrogens is 3. The zero-order valence-corrected chi connectivity index (χ0v) is 11.6. The van der Waals surface area contributed by atoms with Gasteiger partial charge in [-0.2, -0.15) is 9.37 Å². The number of hydrogen-bond donors (Lipinski definition) is 0. The van der Waals surface area contributed by atoms with Crippen LogP contribution in [-0.2, 0) is 4.74 Å². The maximum atomic E-state index is 13.9. The number of methoxy groups -OCH3 is 3. The van der Waals surface area contributed by atoms with E-state index in [1.807, 2.05) is 0 Å². The molecule has 0 saturated carbocycles. The molecular formula is C13H12FN3O4. The first-order valence-electron chi connectivity index (χ1n) is 5.81. The quantitative estimate of drug-likeness (QED) is 0.789. The molecule has 2 aromatic rings. The lowest BCUT2D eigenvalue weighted by Gasteiger charge is -2.08. The molecule has 0 unspecified atom stereocenters. The average molecular weight is 293 g/mol. The van der Waals surface area contributed by atoms with Gasteiger partial charge in [-0.15, -0.1) is 0 Å². The minimum atomic E-state index is -0.985. The summed E-state index contributed by atoms with van der Waals surface area (Å²) in [5.74, 6) is -1.69. The zero-order valence-electron chi connectivity index (χ0n) is 11.6. The minimum Gasteiger partial charge on any atom is -0.495 e. The highest BCUT2D eigenvalue weighted by molar-refractivity contribution is 5.88. The summed E-state index contributed by atoms with van der Waals surface area (Å²) < 4.78 is 28.2. The summed E-state index contributed by atoms with van der Waals surface area (Å²) in [6.45, 7) is 0. The van der Waals surface area contributed by atoms with Gasteiger partial charge in [-0.1, -0.05) is 0 Å². The molecule has 2 heterocycles. The monoisotopic (exact) mass is 293 g/mol. The van der Waals surface area contributed by atoms with Gasteiger partial charge in [0.05, 0.1) is 27.5 Å². The van der Waals surface area contributed by atoms with E-state index in [4.69, 9.17) is 9.47 Å². The van der Waals surface area contributed by atoms with Crippen molar-refractivity contribution >= 4 is 5.97 Å². The Kier molecular flexibility index (Phi) is 4.27. The molecule has 21 heavy (non-hydrogen) atoms. The fourth-order valence-corrected chi connectivity index (χ4v) is 1.54. The minimum absolute atomic E-state index is 0.0382. The van der Waals surface area contributed by atoms with Crippen LogP contribution in [0.1, 0.15) is 10.5 Å². The standard InChI is InChI=1S/C13H12FN3O4/c1-19-7-4-5-8(15-6-7)11-16-10(13(18)21-3)9(14)12(17-11)20-2/h4-6H,1-3H3. The molecule has 0 fully saturated rings. The fourth-order valence-electron chi connectivity index (χ4n) is 1.54. The Labute approximate surface area is 119 Å². The molecule has 110 valence electrons. The Balaban J connectivity index is 2.54. The van der Waals surface area contributed by atoms with Gasteiger partial charge >= 0.3 is 5.97 Å². The molecule has 0 saturated heterocycles. The molecule has 0 atom stereocenters. The lowest BCUT2D eigenvalue weighted by atomic mass is 10.3. The van der Waals surface area contributed by atoms with Gasteiger partial charge in [-0.25, -0.2) is 14.8 Å². The van der Waals surface area contributed by atoms with E-state index >= 15 is 0 Å². The van der Waals surface area contributed by atoms with Crippen molar-refractivity contribution < 1.29 is 23.4 Å². The van der Waals surface area contributed by atoms with E-state index in [9.17, 15) is 9.18 Å². The van der Waals surface area contributed by atoms with E-state index in [-0.39, 0.29) is 11.7 Å². The van der Waals surface area contributed by atoms with E-state index in [1.54, 1.807) is 12.1 Å². The van der Waals surface area contributed by atoms with Crippen molar-refractivity contribution in [1.82, 2.24) is 15.0 Å². The van der Waals surface area contributed by atoms with Gasteiger partial charge in [0.2, 0.25) is 5.82 Å². The summed E-state index contributed by atoms with van der Waals surface area (Å²) in [6, 6.07) is 3.21. The third kappa shape index (κ3) is 2.88. The molecule has 2 rings (SSSR count).